The van der Waals surface area contributed by atoms with Gasteiger partial charge in [0.15, 0.2) is 10.8 Å². The van der Waals surface area contributed by atoms with Crippen molar-refractivity contribution in [2.24, 2.45) is 0 Å². The minimum absolute atomic E-state index is 0.0481. The van der Waals surface area contributed by atoms with Gasteiger partial charge in [0, 0.05) is 22.7 Å². The van der Waals surface area contributed by atoms with E-state index >= 15 is 0 Å². The van der Waals surface area contributed by atoms with Crippen molar-refractivity contribution in [1.29, 1.82) is 0 Å². The van der Waals surface area contributed by atoms with Crippen molar-refractivity contribution in [3.05, 3.63) is 58.1 Å². The van der Waals surface area contributed by atoms with E-state index in [0.717, 1.165) is 22.6 Å². The number of rotatable bonds is 2. The summed E-state index contributed by atoms with van der Waals surface area (Å²) in [4.78, 5) is 13.8. The molecule has 4 rings (SSSR count). The average molecular weight is 403 g/mol. The van der Waals surface area contributed by atoms with Crippen LogP contribution in [0.1, 0.15) is 40.9 Å². The maximum absolute atomic E-state index is 11.9. The summed E-state index contributed by atoms with van der Waals surface area (Å²) in [5.41, 5.74) is 2.61. The Kier molecular flexibility index (Phi) is 4.28. The van der Waals surface area contributed by atoms with E-state index in [-0.39, 0.29) is 12.0 Å². The van der Waals surface area contributed by atoms with E-state index in [4.69, 9.17) is 33.3 Å². The Morgan fingerprint density at radius 3 is 2.85 bits per heavy atom. The molecule has 1 saturated heterocycles. The zero-order chi connectivity index (χ0) is 19.3. The van der Waals surface area contributed by atoms with Crippen LogP contribution in [0.4, 0.5) is 5.69 Å². The molecule has 2 aromatic rings. The second-order valence-electron chi connectivity index (χ2n) is 7.00. The molecular formula is C20H19ClN2O3S. The highest BCUT2D eigenvalue weighted by molar-refractivity contribution is 7.80. The van der Waals surface area contributed by atoms with Gasteiger partial charge in [0.2, 0.25) is 0 Å². The lowest BCUT2D eigenvalue weighted by Crippen LogP contribution is -2.65. The Morgan fingerprint density at radius 1 is 1.37 bits per heavy atom. The molecule has 0 aromatic heterocycles. The summed E-state index contributed by atoms with van der Waals surface area (Å²) in [6.45, 7) is 3.97. The quantitative estimate of drug-likeness (QED) is 0.594. The fourth-order valence-corrected chi connectivity index (χ4v) is 4.35. The van der Waals surface area contributed by atoms with Gasteiger partial charge in [-0.2, -0.15) is 0 Å². The molecule has 0 radical (unpaired) electrons. The molecule has 1 fully saturated rings. The zero-order valence-corrected chi connectivity index (χ0v) is 16.8. The first-order valence-electron chi connectivity index (χ1n) is 8.60. The minimum Gasteiger partial charge on any atom is -0.467 e. The number of aryl methyl sites for hydroxylation is 1. The summed E-state index contributed by atoms with van der Waals surface area (Å²) < 4.78 is 11.2. The number of benzene rings is 2. The molecule has 2 aromatic carbocycles. The van der Waals surface area contributed by atoms with E-state index in [0.29, 0.717) is 22.1 Å². The highest BCUT2D eigenvalue weighted by atomic mass is 35.5. The van der Waals surface area contributed by atoms with Crippen molar-refractivity contribution < 1.29 is 14.3 Å². The molecule has 2 aliphatic rings. The Hall–Kier alpha value is -2.31. The van der Waals surface area contributed by atoms with Crippen LogP contribution in [-0.2, 0) is 4.74 Å². The molecule has 0 aliphatic carbocycles. The molecule has 2 atom stereocenters. The fraction of sp³-hybridized carbons (Fsp3) is 0.300. The number of hydrogen-bond donors (Lipinski definition) is 1. The molecule has 1 N–H and O–H groups in total. The number of nitrogens with one attached hydrogen (secondary N) is 1. The molecular weight excluding hydrogens is 384 g/mol. The molecule has 2 aliphatic heterocycles. The van der Waals surface area contributed by atoms with Gasteiger partial charge in [0.1, 0.15) is 5.75 Å². The number of nitrogens with zero attached hydrogens (tertiary/aromatic N) is 1. The van der Waals surface area contributed by atoms with Gasteiger partial charge < -0.3 is 14.8 Å². The first-order chi connectivity index (χ1) is 12.8. The molecule has 2 heterocycles. The molecule has 27 heavy (non-hydrogen) atoms. The second-order valence-corrected chi connectivity index (χ2v) is 7.79. The largest absolute Gasteiger partial charge is 0.467 e. The molecule has 2 bridgehead atoms. The minimum atomic E-state index is -0.661. The Bertz CT molecular complexity index is 964. The summed E-state index contributed by atoms with van der Waals surface area (Å²) in [6, 6.07) is 11.1. The molecule has 5 nitrogen and oxygen atoms in total. The topological polar surface area (TPSA) is 50.8 Å². The van der Waals surface area contributed by atoms with Gasteiger partial charge in [-0.05, 0) is 62.0 Å². The maximum atomic E-state index is 11.9. The number of hydrogen-bond acceptors (Lipinski definition) is 4. The van der Waals surface area contributed by atoms with Crippen LogP contribution in [0.25, 0.3) is 0 Å². The molecule has 0 saturated carbocycles. The summed E-state index contributed by atoms with van der Waals surface area (Å²) in [7, 11) is 1.37. The van der Waals surface area contributed by atoms with Crippen LogP contribution in [0.5, 0.6) is 5.75 Å². The molecule has 2 unspecified atom stereocenters. The normalized spacial score (nSPS) is 23.2. The van der Waals surface area contributed by atoms with Crippen LogP contribution in [0, 0.1) is 6.92 Å². The number of fused-ring (bicyclic) bond motifs is 4. The Morgan fingerprint density at radius 2 is 2.15 bits per heavy atom. The highest BCUT2D eigenvalue weighted by Gasteiger charge is 2.48. The maximum Gasteiger partial charge on any atom is 0.337 e. The van der Waals surface area contributed by atoms with Gasteiger partial charge >= 0.3 is 5.97 Å². The van der Waals surface area contributed by atoms with Gasteiger partial charge in [-0.25, -0.2) is 4.79 Å². The predicted molar refractivity (Wildman–Crippen MR) is 109 cm³/mol. The van der Waals surface area contributed by atoms with Crippen LogP contribution >= 0.6 is 23.8 Å². The third kappa shape index (κ3) is 2.93. The smallest absolute Gasteiger partial charge is 0.337 e. The van der Waals surface area contributed by atoms with Gasteiger partial charge in [-0.3, -0.25) is 4.90 Å². The summed E-state index contributed by atoms with van der Waals surface area (Å²) in [6.07, 6.45) is 0.663. The molecule has 0 spiro atoms. The van der Waals surface area contributed by atoms with Crippen molar-refractivity contribution in [2.45, 2.75) is 32.0 Å². The summed E-state index contributed by atoms with van der Waals surface area (Å²) >= 11 is 12.0. The number of halogens is 1. The van der Waals surface area contributed by atoms with Gasteiger partial charge in [0.05, 0.1) is 18.7 Å². The number of methoxy groups -OCH3 is 1. The van der Waals surface area contributed by atoms with Crippen LogP contribution in [0.3, 0.4) is 0 Å². The number of ether oxygens (including phenoxy) is 2. The Balaban J connectivity index is 1.76. The lowest BCUT2D eigenvalue weighted by atomic mass is 9.89. The lowest BCUT2D eigenvalue weighted by molar-refractivity contribution is 0.0494. The number of esters is 1. The van der Waals surface area contributed by atoms with Crippen molar-refractivity contribution in [3.8, 4) is 5.75 Å². The van der Waals surface area contributed by atoms with E-state index in [1.807, 2.05) is 43.0 Å². The monoisotopic (exact) mass is 402 g/mol. The fourth-order valence-electron chi connectivity index (χ4n) is 3.73. The number of carbonyl (C=O) groups is 1. The third-order valence-corrected chi connectivity index (χ3v) is 5.81. The van der Waals surface area contributed by atoms with E-state index in [1.165, 1.54) is 7.11 Å². The zero-order valence-electron chi connectivity index (χ0n) is 15.2. The molecule has 0 amide bonds. The number of anilines is 1. The summed E-state index contributed by atoms with van der Waals surface area (Å²) in [5.74, 6) is 0.347. The second kappa shape index (κ2) is 6.39. The standard InChI is InChI=1S/C20H19ClN2O3S/c1-11-4-6-13(9-15(11)21)23-19(27)22-16-10-20(23,2)26-17-7-5-12(8-14(16)17)18(24)25-3/h4-9,16H,10H2,1-3H3,(H,22,27). The van der Waals surface area contributed by atoms with Crippen molar-refractivity contribution >= 4 is 40.6 Å². The van der Waals surface area contributed by atoms with Crippen molar-refractivity contribution in [3.63, 3.8) is 0 Å². The number of carbonyl (C=O) groups excluding carboxylic acids is 1. The molecule has 140 valence electrons. The summed E-state index contributed by atoms with van der Waals surface area (Å²) in [5, 5.41) is 4.62. The SMILES string of the molecule is COC(=O)c1ccc2c(c1)C1CC(C)(O2)N(c2ccc(C)c(Cl)c2)C(=S)N1. The third-order valence-electron chi connectivity index (χ3n) is 5.11. The van der Waals surface area contributed by atoms with Gasteiger partial charge in [-0.15, -0.1) is 0 Å². The van der Waals surface area contributed by atoms with E-state index < -0.39 is 5.72 Å². The van der Waals surface area contributed by atoms with Crippen LogP contribution < -0.4 is 15.0 Å². The van der Waals surface area contributed by atoms with E-state index in [1.54, 1.807) is 12.1 Å². The van der Waals surface area contributed by atoms with Gasteiger partial charge in [-0.1, -0.05) is 17.7 Å². The van der Waals surface area contributed by atoms with E-state index in [2.05, 4.69) is 5.32 Å². The predicted octanol–water partition coefficient (Wildman–Crippen LogP) is 4.37. The van der Waals surface area contributed by atoms with Crippen LogP contribution in [-0.4, -0.2) is 23.9 Å². The number of thiocarbonyl (C=S) groups is 1. The molecule has 7 heteroatoms. The lowest BCUT2D eigenvalue weighted by Gasteiger charge is -2.52. The first kappa shape index (κ1) is 18.1. The Labute approximate surface area is 168 Å². The van der Waals surface area contributed by atoms with Crippen LogP contribution in [0.2, 0.25) is 5.02 Å². The van der Waals surface area contributed by atoms with Crippen LogP contribution in [0.15, 0.2) is 36.4 Å². The van der Waals surface area contributed by atoms with Crippen molar-refractivity contribution in [2.75, 3.05) is 12.0 Å². The van der Waals surface area contributed by atoms with E-state index in [9.17, 15) is 4.79 Å². The average Bonchev–Trinajstić information content (AvgIpc) is 2.63. The van der Waals surface area contributed by atoms with Gasteiger partial charge in [0.25, 0.3) is 0 Å². The highest BCUT2D eigenvalue weighted by Crippen LogP contribution is 2.46. The first-order valence-corrected chi connectivity index (χ1v) is 9.39. The van der Waals surface area contributed by atoms with Crippen molar-refractivity contribution in [1.82, 2.24) is 5.32 Å².